The predicted octanol–water partition coefficient (Wildman–Crippen LogP) is 3.98. The maximum Gasteiger partial charge on any atom is 0.258 e. The Bertz CT molecular complexity index is 681. The molecule has 1 heterocycles. The van der Waals surface area contributed by atoms with Gasteiger partial charge in [0.2, 0.25) is 0 Å². The van der Waals surface area contributed by atoms with Crippen LogP contribution in [0.2, 0.25) is 0 Å². The maximum absolute atomic E-state index is 12.1. The molecule has 1 aromatic carbocycles. The molecule has 1 unspecified atom stereocenters. The molecule has 0 spiro atoms. The summed E-state index contributed by atoms with van der Waals surface area (Å²) in [6.45, 7) is 7.02. The molecular formula is C20H28N2O2S. The minimum atomic E-state index is -0.103. The van der Waals surface area contributed by atoms with Crippen LogP contribution in [0.4, 0.5) is 0 Å². The van der Waals surface area contributed by atoms with Crippen LogP contribution in [0.5, 0.6) is 5.75 Å². The molecule has 0 aliphatic heterocycles. The van der Waals surface area contributed by atoms with Crippen LogP contribution >= 0.6 is 11.3 Å². The number of nitrogens with one attached hydrogen (secondary N) is 1. The van der Waals surface area contributed by atoms with E-state index in [4.69, 9.17) is 4.74 Å². The molecule has 0 radical (unpaired) electrons. The number of aryl methyl sites for hydroxylation is 1. The van der Waals surface area contributed by atoms with Crippen molar-refractivity contribution < 1.29 is 9.53 Å². The van der Waals surface area contributed by atoms with Gasteiger partial charge in [-0.15, -0.1) is 11.3 Å². The predicted molar refractivity (Wildman–Crippen MR) is 105 cm³/mol. The fourth-order valence-electron chi connectivity index (χ4n) is 2.81. The van der Waals surface area contributed by atoms with E-state index in [0.717, 1.165) is 5.75 Å². The highest BCUT2D eigenvalue weighted by Crippen LogP contribution is 2.24. The lowest BCUT2D eigenvalue weighted by molar-refractivity contribution is -0.123. The number of ether oxygens (including phenoxy) is 1. The van der Waals surface area contributed by atoms with Crippen LogP contribution in [-0.4, -0.2) is 38.1 Å². The molecule has 1 atom stereocenters. The average molecular weight is 361 g/mol. The van der Waals surface area contributed by atoms with Gasteiger partial charge in [0.15, 0.2) is 6.61 Å². The van der Waals surface area contributed by atoms with Gasteiger partial charge in [0, 0.05) is 11.4 Å². The number of likely N-dealkylation sites (N-methyl/N-ethyl adjacent to an activating group) is 1. The van der Waals surface area contributed by atoms with E-state index in [1.165, 1.54) is 16.0 Å². The first-order chi connectivity index (χ1) is 11.9. The van der Waals surface area contributed by atoms with E-state index in [1.807, 2.05) is 32.3 Å². The van der Waals surface area contributed by atoms with Gasteiger partial charge in [-0.2, -0.15) is 0 Å². The van der Waals surface area contributed by atoms with Gasteiger partial charge in [-0.3, -0.25) is 4.79 Å². The second-order valence-electron chi connectivity index (χ2n) is 6.76. The summed E-state index contributed by atoms with van der Waals surface area (Å²) in [6, 6.07) is 10.3. The standard InChI is InChI=1S/C20H28N2O2S/c1-14(2)17-9-8-16(11-15(17)3)24-13-20(23)21-12-18(22(4)5)19-7-6-10-25-19/h6-11,14,18H,12-13H2,1-5H3,(H,21,23). The number of benzene rings is 1. The Hall–Kier alpha value is -1.85. The Morgan fingerprint density at radius 1 is 1.28 bits per heavy atom. The van der Waals surface area contributed by atoms with Gasteiger partial charge in [0.05, 0.1) is 6.04 Å². The highest BCUT2D eigenvalue weighted by atomic mass is 32.1. The third kappa shape index (κ3) is 5.58. The first-order valence-electron chi connectivity index (χ1n) is 8.58. The number of carbonyl (C=O) groups is 1. The molecule has 0 aliphatic rings. The molecule has 0 bridgehead atoms. The van der Waals surface area contributed by atoms with Crippen molar-refractivity contribution in [2.24, 2.45) is 0 Å². The summed E-state index contributed by atoms with van der Waals surface area (Å²) in [4.78, 5) is 15.5. The number of nitrogens with zero attached hydrogens (tertiary/aromatic N) is 1. The van der Waals surface area contributed by atoms with Crippen molar-refractivity contribution in [1.82, 2.24) is 10.2 Å². The van der Waals surface area contributed by atoms with Gasteiger partial charge < -0.3 is 15.0 Å². The molecule has 1 aromatic heterocycles. The number of carbonyl (C=O) groups excluding carboxylic acids is 1. The van der Waals surface area contributed by atoms with E-state index < -0.39 is 0 Å². The highest BCUT2D eigenvalue weighted by molar-refractivity contribution is 7.10. The van der Waals surface area contributed by atoms with Crippen LogP contribution < -0.4 is 10.1 Å². The topological polar surface area (TPSA) is 41.6 Å². The first kappa shape index (κ1) is 19.5. The summed E-state index contributed by atoms with van der Waals surface area (Å²) in [5.74, 6) is 1.12. The Morgan fingerprint density at radius 3 is 2.60 bits per heavy atom. The van der Waals surface area contributed by atoms with E-state index in [1.54, 1.807) is 11.3 Å². The van der Waals surface area contributed by atoms with Crippen molar-refractivity contribution in [3.05, 3.63) is 51.7 Å². The number of amides is 1. The van der Waals surface area contributed by atoms with Crippen LogP contribution in [0.25, 0.3) is 0 Å². The largest absolute Gasteiger partial charge is 0.484 e. The quantitative estimate of drug-likeness (QED) is 0.774. The van der Waals surface area contributed by atoms with Crippen LogP contribution in [0.1, 0.15) is 41.8 Å². The van der Waals surface area contributed by atoms with Crippen LogP contribution in [0.15, 0.2) is 35.7 Å². The van der Waals surface area contributed by atoms with Gasteiger partial charge in [0.1, 0.15) is 5.75 Å². The Morgan fingerprint density at radius 2 is 2.04 bits per heavy atom. The van der Waals surface area contributed by atoms with Crippen LogP contribution in [0.3, 0.4) is 0 Å². The molecule has 25 heavy (non-hydrogen) atoms. The first-order valence-corrected chi connectivity index (χ1v) is 9.46. The molecule has 0 saturated heterocycles. The van der Waals surface area contributed by atoms with Crippen molar-refractivity contribution in [2.75, 3.05) is 27.2 Å². The van der Waals surface area contributed by atoms with E-state index in [2.05, 4.69) is 48.5 Å². The third-order valence-corrected chi connectivity index (χ3v) is 5.19. The Balaban J connectivity index is 1.85. The number of hydrogen-bond donors (Lipinski definition) is 1. The van der Waals surface area contributed by atoms with E-state index in [0.29, 0.717) is 12.5 Å². The summed E-state index contributed by atoms with van der Waals surface area (Å²) in [7, 11) is 4.04. The second-order valence-corrected chi connectivity index (χ2v) is 7.74. The Kier molecular flexibility index (Phi) is 7.02. The van der Waals surface area contributed by atoms with Crippen molar-refractivity contribution in [2.45, 2.75) is 32.7 Å². The molecular weight excluding hydrogens is 332 g/mol. The van der Waals surface area contributed by atoms with Gasteiger partial charge in [-0.1, -0.05) is 26.0 Å². The zero-order chi connectivity index (χ0) is 18.4. The lowest BCUT2D eigenvalue weighted by atomic mass is 9.98. The molecule has 0 saturated carbocycles. The van der Waals surface area contributed by atoms with Crippen molar-refractivity contribution >= 4 is 17.2 Å². The molecule has 1 N–H and O–H groups in total. The second kappa shape index (κ2) is 9.02. The highest BCUT2D eigenvalue weighted by Gasteiger charge is 2.16. The molecule has 1 amide bonds. The zero-order valence-electron chi connectivity index (χ0n) is 15.7. The summed E-state index contributed by atoms with van der Waals surface area (Å²) >= 11 is 1.70. The number of rotatable bonds is 8. The molecule has 0 aliphatic carbocycles. The fourth-order valence-corrected chi connectivity index (χ4v) is 3.74. The fraction of sp³-hybridized carbons (Fsp3) is 0.450. The van der Waals surface area contributed by atoms with Gasteiger partial charge in [0.25, 0.3) is 5.91 Å². The summed E-state index contributed by atoms with van der Waals surface area (Å²) in [5, 5.41) is 5.02. The summed E-state index contributed by atoms with van der Waals surface area (Å²) in [6.07, 6.45) is 0. The van der Waals surface area contributed by atoms with Gasteiger partial charge in [-0.25, -0.2) is 0 Å². The minimum Gasteiger partial charge on any atom is -0.484 e. The van der Waals surface area contributed by atoms with Gasteiger partial charge >= 0.3 is 0 Å². The maximum atomic E-state index is 12.1. The zero-order valence-corrected chi connectivity index (χ0v) is 16.5. The molecule has 136 valence electrons. The monoisotopic (exact) mass is 360 g/mol. The molecule has 2 rings (SSSR count). The van der Waals surface area contributed by atoms with Crippen molar-refractivity contribution in [3.63, 3.8) is 0 Å². The smallest absolute Gasteiger partial charge is 0.258 e. The van der Waals surface area contributed by atoms with Crippen LogP contribution in [-0.2, 0) is 4.79 Å². The summed E-state index contributed by atoms with van der Waals surface area (Å²) in [5.41, 5.74) is 2.50. The lowest BCUT2D eigenvalue weighted by Crippen LogP contribution is -2.36. The molecule has 0 fully saturated rings. The molecule has 5 heteroatoms. The van der Waals surface area contributed by atoms with Crippen molar-refractivity contribution in [1.29, 1.82) is 0 Å². The van der Waals surface area contributed by atoms with E-state index in [9.17, 15) is 4.79 Å². The Labute approximate surface area is 154 Å². The molecule has 2 aromatic rings. The van der Waals surface area contributed by atoms with E-state index >= 15 is 0 Å². The summed E-state index contributed by atoms with van der Waals surface area (Å²) < 4.78 is 5.64. The van der Waals surface area contributed by atoms with Crippen LogP contribution in [0, 0.1) is 6.92 Å². The van der Waals surface area contributed by atoms with Crippen molar-refractivity contribution in [3.8, 4) is 5.75 Å². The minimum absolute atomic E-state index is 0.0328. The number of hydrogen-bond acceptors (Lipinski definition) is 4. The average Bonchev–Trinajstić information content (AvgIpc) is 3.06. The van der Waals surface area contributed by atoms with Gasteiger partial charge in [-0.05, 0) is 61.6 Å². The SMILES string of the molecule is Cc1cc(OCC(=O)NCC(c2cccs2)N(C)C)ccc1C(C)C. The lowest BCUT2D eigenvalue weighted by Gasteiger charge is -2.23. The normalized spacial score (nSPS) is 12.4. The molecule has 4 nitrogen and oxygen atoms in total. The van der Waals surface area contributed by atoms with E-state index in [-0.39, 0.29) is 18.6 Å². The number of thiophene rings is 1. The third-order valence-electron chi connectivity index (χ3n) is 4.22.